The molecule has 0 aliphatic carbocycles. The van der Waals surface area contributed by atoms with Crippen molar-refractivity contribution in [3.63, 3.8) is 0 Å². The van der Waals surface area contributed by atoms with Crippen molar-refractivity contribution in [2.24, 2.45) is 0 Å². The van der Waals surface area contributed by atoms with Crippen LogP contribution in [0.25, 0.3) is 10.7 Å². The SMILES string of the molecule is CC(C(=O)N1CCN(C(=O)Cc2ccc(F)cc2)CC1)n1c(-c2cccs2)n[nH]c1=S. The molecule has 0 saturated carbocycles. The van der Waals surface area contributed by atoms with E-state index in [1.165, 1.54) is 23.5 Å². The third kappa shape index (κ3) is 4.59. The van der Waals surface area contributed by atoms with Crippen molar-refractivity contribution in [1.82, 2.24) is 24.6 Å². The van der Waals surface area contributed by atoms with Gasteiger partial charge in [-0.05, 0) is 48.3 Å². The van der Waals surface area contributed by atoms with Gasteiger partial charge in [0.1, 0.15) is 11.9 Å². The van der Waals surface area contributed by atoms with E-state index in [1.54, 1.807) is 26.5 Å². The minimum Gasteiger partial charge on any atom is -0.339 e. The summed E-state index contributed by atoms with van der Waals surface area (Å²) < 4.78 is 15.2. The molecule has 0 spiro atoms. The Bertz CT molecular complexity index is 1120. The topological polar surface area (TPSA) is 74.2 Å². The standard InChI is InChI=1S/C21H22FN5O2S2/c1-14(27-19(23-24-21(27)30)17-3-2-12-31-17)20(29)26-10-8-25(9-11-26)18(28)13-15-4-6-16(22)7-5-15/h2-7,12,14H,8-11,13H2,1H3,(H,24,30). The van der Waals surface area contributed by atoms with Crippen LogP contribution in [0, 0.1) is 10.6 Å². The Morgan fingerprint density at radius 1 is 1.16 bits per heavy atom. The van der Waals surface area contributed by atoms with Crippen molar-refractivity contribution in [3.8, 4) is 10.7 Å². The number of carbonyl (C=O) groups is 2. The molecule has 7 nitrogen and oxygen atoms in total. The van der Waals surface area contributed by atoms with Crippen LogP contribution in [0.3, 0.4) is 0 Å². The van der Waals surface area contributed by atoms with E-state index in [0.717, 1.165) is 10.4 Å². The molecule has 1 unspecified atom stereocenters. The van der Waals surface area contributed by atoms with Crippen molar-refractivity contribution in [2.45, 2.75) is 19.4 Å². The first kappa shape index (κ1) is 21.4. The molecule has 1 aliphatic rings. The zero-order valence-electron chi connectivity index (χ0n) is 17.0. The van der Waals surface area contributed by atoms with Gasteiger partial charge >= 0.3 is 0 Å². The summed E-state index contributed by atoms with van der Waals surface area (Å²) in [6, 6.07) is 9.30. The highest BCUT2D eigenvalue weighted by Crippen LogP contribution is 2.26. The van der Waals surface area contributed by atoms with Gasteiger partial charge in [-0.1, -0.05) is 18.2 Å². The van der Waals surface area contributed by atoms with E-state index in [1.807, 2.05) is 24.4 Å². The number of piperazine rings is 1. The van der Waals surface area contributed by atoms with Crippen LogP contribution in [0.15, 0.2) is 41.8 Å². The van der Waals surface area contributed by atoms with Crippen molar-refractivity contribution >= 4 is 35.4 Å². The fraction of sp³-hybridized carbons (Fsp3) is 0.333. The maximum atomic E-state index is 13.2. The molecule has 4 rings (SSSR count). The Balaban J connectivity index is 1.38. The van der Waals surface area contributed by atoms with Gasteiger partial charge in [-0.3, -0.25) is 19.3 Å². The quantitative estimate of drug-likeness (QED) is 0.595. The van der Waals surface area contributed by atoms with Crippen molar-refractivity contribution < 1.29 is 14.0 Å². The number of rotatable bonds is 5. The Kier molecular flexibility index (Phi) is 6.28. The van der Waals surface area contributed by atoms with Gasteiger partial charge in [0.25, 0.3) is 0 Å². The van der Waals surface area contributed by atoms with Crippen LogP contribution in [-0.2, 0) is 16.0 Å². The van der Waals surface area contributed by atoms with E-state index in [9.17, 15) is 14.0 Å². The lowest BCUT2D eigenvalue weighted by Crippen LogP contribution is -2.52. The zero-order valence-corrected chi connectivity index (χ0v) is 18.6. The normalized spacial score (nSPS) is 15.2. The Morgan fingerprint density at radius 3 is 2.48 bits per heavy atom. The minimum absolute atomic E-state index is 0.0243. The van der Waals surface area contributed by atoms with Crippen molar-refractivity contribution in [3.05, 3.63) is 57.9 Å². The third-order valence-electron chi connectivity index (χ3n) is 5.40. The fourth-order valence-electron chi connectivity index (χ4n) is 3.68. The second-order valence-corrected chi connectivity index (χ2v) is 8.72. The lowest BCUT2D eigenvalue weighted by Gasteiger charge is -2.36. The summed E-state index contributed by atoms with van der Waals surface area (Å²) in [4.78, 5) is 30.2. The van der Waals surface area contributed by atoms with Gasteiger partial charge in [0.2, 0.25) is 11.8 Å². The number of H-pyrrole nitrogens is 1. The average Bonchev–Trinajstić information content (AvgIpc) is 3.44. The minimum atomic E-state index is -0.509. The van der Waals surface area contributed by atoms with E-state index in [2.05, 4.69) is 10.2 Å². The molecule has 1 aromatic carbocycles. The smallest absolute Gasteiger partial charge is 0.245 e. The molecule has 31 heavy (non-hydrogen) atoms. The summed E-state index contributed by atoms with van der Waals surface area (Å²) in [5, 5.41) is 9.04. The molecular weight excluding hydrogens is 437 g/mol. The first-order valence-electron chi connectivity index (χ1n) is 9.96. The third-order valence-corrected chi connectivity index (χ3v) is 6.56. The Hall–Kier alpha value is -2.85. The van der Waals surface area contributed by atoms with E-state index in [-0.39, 0.29) is 24.1 Å². The van der Waals surface area contributed by atoms with Crippen molar-refractivity contribution in [1.29, 1.82) is 0 Å². The van der Waals surface area contributed by atoms with Crippen LogP contribution in [0.2, 0.25) is 0 Å². The molecule has 0 bridgehead atoms. The summed E-state index contributed by atoms with van der Waals surface area (Å²) in [7, 11) is 0. The number of benzene rings is 1. The zero-order chi connectivity index (χ0) is 22.0. The lowest BCUT2D eigenvalue weighted by atomic mass is 10.1. The van der Waals surface area contributed by atoms with Crippen LogP contribution in [-0.4, -0.2) is 62.6 Å². The molecule has 162 valence electrons. The molecule has 1 aliphatic heterocycles. The Labute approximate surface area is 188 Å². The van der Waals surface area contributed by atoms with Crippen LogP contribution < -0.4 is 0 Å². The molecule has 1 fully saturated rings. The molecule has 2 aromatic heterocycles. The van der Waals surface area contributed by atoms with E-state index in [0.29, 0.717) is 36.8 Å². The number of aromatic nitrogens is 3. The van der Waals surface area contributed by atoms with Crippen LogP contribution >= 0.6 is 23.6 Å². The highest BCUT2D eigenvalue weighted by atomic mass is 32.1. The van der Waals surface area contributed by atoms with Crippen molar-refractivity contribution in [2.75, 3.05) is 26.2 Å². The highest BCUT2D eigenvalue weighted by Gasteiger charge is 2.29. The van der Waals surface area contributed by atoms with Crippen LogP contribution in [0.1, 0.15) is 18.5 Å². The summed E-state index contributed by atoms with van der Waals surface area (Å²) >= 11 is 6.90. The molecule has 0 radical (unpaired) electrons. The first-order valence-corrected chi connectivity index (χ1v) is 11.2. The largest absolute Gasteiger partial charge is 0.339 e. The van der Waals surface area contributed by atoms with E-state index in [4.69, 9.17) is 12.2 Å². The number of nitrogens with one attached hydrogen (secondary N) is 1. The van der Waals surface area contributed by atoms with Gasteiger partial charge < -0.3 is 9.80 Å². The molecular formula is C21H22FN5O2S2. The van der Waals surface area contributed by atoms with E-state index < -0.39 is 6.04 Å². The molecule has 2 amide bonds. The monoisotopic (exact) mass is 459 g/mol. The number of halogens is 1. The number of amides is 2. The predicted octanol–water partition coefficient (Wildman–Crippen LogP) is 3.28. The Morgan fingerprint density at radius 2 is 1.84 bits per heavy atom. The van der Waals surface area contributed by atoms with Gasteiger partial charge in [0, 0.05) is 26.2 Å². The predicted molar refractivity (Wildman–Crippen MR) is 119 cm³/mol. The maximum absolute atomic E-state index is 13.2. The average molecular weight is 460 g/mol. The second-order valence-electron chi connectivity index (χ2n) is 7.38. The number of hydrogen-bond donors (Lipinski definition) is 1. The van der Waals surface area contributed by atoms with Crippen LogP contribution in [0.4, 0.5) is 4.39 Å². The number of carbonyl (C=O) groups excluding carboxylic acids is 2. The summed E-state index contributed by atoms with van der Waals surface area (Å²) in [6.45, 7) is 3.66. The van der Waals surface area contributed by atoms with Gasteiger partial charge in [-0.2, -0.15) is 5.10 Å². The molecule has 1 saturated heterocycles. The molecule has 1 atom stereocenters. The number of thiophene rings is 1. The van der Waals surface area contributed by atoms with Gasteiger partial charge in [0.05, 0.1) is 11.3 Å². The molecule has 1 N–H and O–H groups in total. The lowest BCUT2D eigenvalue weighted by molar-refractivity contribution is -0.141. The summed E-state index contributed by atoms with van der Waals surface area (Å²) in [5.41, 5.74) is 0.772. The number of nitrogens with zero attached hydrogens (tertiary/aromatic N) is 4. The summed E-state index contributed by atoms with van der Waals surface area (Å²) in [5.74, 6) is 0.246. The van der Waals surface area contributed by atoms with Gasteiger partial charge in [-0.25, -0.2) is 4.39 Å². The number of aromatic amines is 1. The maximum Gasteiger partial charge on any atom is 0.245 e. The number of hydrogen-bond acceptors (Lipinski definition) is 5. The van der Waals surface area contributed by atoms with Gasteiger partial charge in [0.15, 0.2) is 10.6 Å². The fourth-order valence-corrected chi connectivity index (χ4v) is 4.68. The van der Waals surface area contributed by atoms with Crippen LogP contribution in [0.5, 0.6) is 0 Å². The second kappa shape index (κ2) is 9.11. The summed E-state index contributed by atoms with van der Waals surface area (Å²) in [6.07, 6.45) is 0.221. The highest BCUT2D eigenvalue weighted by molar-refractivity contribution is 7.71. The molecule has 3 aromatic rings. The molecule has 10 heteroatoms. The molecule has 3 heterocycles. The van der Waals surface area contributed by atoms with E-state index >= 15 is 0 Å². The first-order chi connectivity index (χ1) is 14.9. The van der Waals surface area contributed by atoms with Gasteiger partial charge in [-0.15, -0.1) is 11.3 Å².